The van der Waals surface area contributed by atoms with E-state index in [1.807, 2.05) is 47.7 Å². The highest BCUT2D eigenvalue weighted by Gasteiger charge is 2.22. The second-order valence-electron chi connectivity index (χ2n) is 16.4. The molecule has 0 atom stereocenters. The number of rotatable bonds is 5. The molecule has 5 heterocycles. The first-order valence-corrected chi connectivity index (χ1v) is 22.3. The number of furan rings is 2. The van der Waals surface area contributed by atoms with Gasteiger partial charge >= 0.3 is 0 Å². The molecule has 0 aliphatic carbocycles. The molecule has 0 aliphatic heterocycles. The zero-order valence-corrected chi connectivity index (χ0v) is 34.9. The number of para-hydroxylation sites is 3. The van der Waals surface area contributed by atoms with Crippen LogP contribution in [0.2, 0.25) is 0 Å². The molecule has 0 saturated carbocycles. The van der Waals surface area contributed by atoms with Gasteiger partial charge < -0.3 is 13.4 Å². The molecule has 5 aromatic heterocycles. The molecular formula is C58H33N3O2S. The molecule has 0 fully saturated rings. The molecule has 0 spiro atoms. The van der Waals surface area contributed by atoms with Crippen molar-refractivity contribution in [2.24, 2.45) is 0 Å². The van der Waals surface area contributed by atoms with Crippen molar-refractivity contribution in [3.8, 4) is 50.7 Å². The highest BCUT2D eigenvalue weighted by molar-refractivity contribution is 7.26. The Morgan fingerprint density at radius 2 is 1.06 bits per heavy atom. The van der Waals surface area contributed by atoms with Crippen molar-refractivity contribution >= 4 is 97.2 Å². The summed E-state index contributed by atoms with van der Waals surface area (Å²) in [5.74, 6) is 0.622. The summed E-state index contributed by atoms with van der Waals surface area (Å²) in [6.07, 6.45) is 0. The minimum Gasteiger partial charge on any atom is -0.456 e. The molecule has 0 N–H and O–H groups in total. The summed E-state index contributed by atoms with van der Waals surface area (Å²) in [6.45, 7) is 0. The topological polar surface area (TPSA) is 57.0 Å². The van der Waals surface area contributed by atoms with Crippen molar-refractivity contribution in [1.82, 2.24) is 14.5 Å². The first-order chi connectivity index (χ1) is 31.7. The lowest BCUT2D eigenvalue weighted by Crippen LogP contribution is -1.96. The van der Waals surface area contributed by atoms with Crippen molar-refractivity contribution in [1.29, 1.82) is 0 Å². The van der Waals surface area contributed by atoms with Crippen LogP contribution in [0.3, 0.4) is 0 Å². The fraction of sp³-hybridized carbons (Fsp3) is 0. The number of thiophene rings is 1. The standard InChI is InChI=1S/C58H33N3O2S/c1-3-13-34(14-4-1)45-33-46(60-58(59-45)36-25-27-40-39-17-7-9-22-48(39)63-51(40)32-36)41-20-12-23-50-54(41)44-31-35(26-29-49(44)62-50)38-19-11-21-43-55-47(61(57(38)43)37-15-5-2-6-16-37)28-30-53-56(55)42-18-8-10-24-52(42)64-53/h1-33H. The minimum atomic E-state index is 0.622. The van der Waals surface area contributed by atoms with E-state index in [1.165, 1.54) is 42.0 Å². The first kappa shape index (κ1) is 35.3. The summed E-state index contributed by atoms with van der Waals surface area (Å²) in [5, 5.41) is 9.31. The molecule has 14 aromatic rings. The zero-order valence-electron chi connectivity index (χ0n) is 34.1. The Kier molecular flexibility index (Phi) is 7.49. The normalized spacial score (nSPS) is 12.1. The van der Waals surface area contributed by atoms with Crippen LogP contribution < -0.4 is 0 Å². The highest BCUT2D eigenvalue weighted by atomic mass is 32.1. The van der Waals surface area contributed by atoms with E-state index < -0.39 is 0 Å². The largest absolute Gasteiger partial charge is 0.456 e. The molecule has 0 aliphatic rings. The van der Waals surface area contributed by atoms with Gasteiger partial charge in [-0.25, -0.2) is 9.97 Å². The Morgan fingerprint density at radius 1 is 0.375 bits per heavy atom. The fourth-order valence-corrected chi connectivity index (χ4v) is 11.1. The van der Waals surface area contributed by atoms with Crippen LogP contribution in [-0.4, -0.2) is 14.5 Å². The van der Waals surface area contributed by atoms with Gasteiger partial charge in [0.15, 0.2) is 5.82 Å². The average Bonchev–Trinajstić information content (AvgIpc) is 4.12. The van der Waals surface area contributed by atoms with E-state index in [0.717, 1.165) is 88.8 Å². The van der Waals surface area contributed by atoms with Crippen LogP contribution in [0.1, 0.15) is 0 Å². The third-order valence-electron chi connectivity index (χ3n) is 12.8. The molecule has 0 bridgehead atoms. The number of benzene rings is 9. The van der Waals surface area contributed by atoms with Crippen LogP contribution in [0.25, 0.3) is 137 Å². The predicted octanol–water partition coefficient (Wildman–Crippen LogP) is 16.4. The van der Waals surface area contributed by atoms with Gasteiger partial charge in [0.05, 0.1) is 22.4 Å². The van der Waals surface area contributed by atoms with Gasteiger partial charge in [0.25, 0.3) is 0 Å². The van der Waals surface area contributed by atoms with Gasteiger partial charge in [-0.15, -0.1) is 11.3 Å². The van der Waals surface area contributed by atoms with E-state index >= 15 is 0 Å². The van der Waals surface area contributed by atoms with E-state index in [4.69, 9.17) is 18.8 Å². The number of aromatic nitrogens is 3. The van der Waals surface area contributed by atoms with Crippen LogP contribution in [0.4, 0.5) is 0 Å². The molecule has 0 amide bonds. The molecule has 9 aromatic carbocycles. The highest BCUT2D eigenvalue weighted by Crippen LogP contribution is 2.47. The van der Waals surface area contributed by atoms with Crippen LogP contribution in [0.5, 0.6) is 0 Å². The maximum atomic E-state index is 6.66. The zero-order chi connectivity index (χ0) is 41.9. The minimum absolute atomic E-state index is 0.622. The second kappa shape index (κ2) is 13.6. The summed E-state index contributed by atoms with van der Waals surface area (Å²) in [7, 11) is 0. The quantitative estimate of drug-likeness (QED) is 0.173. The Balaban J connectivity index is 1.00. The predicted molar refractivity (Wildman–Crippen MR) is 266 cm³/mol. The van der Waals surface area contributed by atoms with E-state index in [9.17, 15) is 0 Å². The van der Waals surface area contributed by atoms with Gasteiger partial charge in [0.2, 0.25) is 0 Å². The Bertz CT molecular complexity index is 4200. The lowest BCUT2D eigenvalue weighted by atomic mass is 9.97. The smallest absolute Gasteiger partial charge is 0.160 e. The van der Waals surface area contributed by atoms with Crippen LogP contribution in [0, 0.1) is 0 Å². The Hall–Kier alpha value is -8.32. The van der Waals surface area contributed by atoms with Crippen molar-refractivity contribution in [2.75, 3.05) is 0 Å². The summed E-state index contributed by atoms with van der Waals surface area (Å²) in [4.78, 5) is 10.5. The molecule has 5 nitrogen and oxygen atoms in total. The van der Waals surface area contributed by atoms with Crippen LogP contribution in [-0.2, 0) is 0 Å². The van der Waals surface area contributed by atoms with Crippen molar-refractivity contribution in [3.63, 3.8) is 0 Å². The van der Waals surface area contributed by atoms with E-state index in [0.29, 0.717) is 5.82 Å². The average molecular weight is 836 g/mol. The summed E-state index contributed by atoms with van der Waals surface area (Å²) in [6, 6.07) is 70.6. The number of hydrogen-bond donors (Lipinski definition) is 0. The van der Waals surface area contributed by atoms with E-state index in [2.05, 4.69) is 168 Å². The van der Waals surface area contributed by atoms with Gasteiger partial charge in [-0.3, -0.25) is 0 Å². The van der Waals surface area contributed by atoms with Crippen molar-refractivity contribution in [3.05, 3.63) is 200 Å². The molecule has 14 rings (SSSR count). The number of nitrogens with zero attached hydrogens (tertiary/aromatic N) is 3. The van der Waals surface area contributed by atoms with Crippen LogP contribution in [0.15, 0.2) is 209 Å². The van der Waals surface area contributed by atoms with Gasteiger partial charge in [0.1, 0.15) is 22.3 Å². The summed E-state index contributed by atoms with van der Waals surface area (Å²) in [5.41, 5.74) is 13.5. The number of hydrogen-bond acceptors (Lipinski definition) is 5. The fourth-order valence-electron chi connectivity index (χ4n) is 9.99. The Morgan fingerprint density at radius 3 is 1.97 bits per heavy atom. The molecule has 298 valence electrons. The molecule has 0 unspecified atom stereocenters. The molecule has 6 heteroatoms. The van der Waals surface area contributed by atoms with Gasteiger partial charge in [0, 0.05) is 80.4 Å². The SMILES string of the molecule is c1ccc(-c2cc(-c3cccc4oc5ccc(-c6cccc7c8c9c(ccc8n(-c8ccccc8)c67)sc6ccccc69)cc5c34)nc(-c3ccc4c(c3)oc3ccccc34)n2)cc1. The summed E-state index contributed by atoms with van der Waals surface area (Å²) >= 11 is 1.86. The second-order valence-corrected chi connectivity index (χ2v) is 17.5. The first-order valence-electron chi connectivity index (χ1n) is 21.5. The van der Waals surface area contributed by atoms with Gasteiger partial charge in [-0.05, 0) is 78.4 Å². The molecule has 0 saturated heterocycles. The third kappa shape index (κ3) is 5.24. The lowest BCUT2D eigenvalue weighted by Gasteiger charge is -2.12. The van der Waals surface area contributed by atoms with Gasteiger partial charge in [-0.2, -0.15) is 0 Å². The number of fused-ring (bicyclic) bond motifs is 13. The summed E-state index contributed by atoms with van der Waals surface area (Å²) < 4.78 is 18.0. The molecule has 0 radical (unpaired) electrons. The maximum absolute atomic E-state index is 6.66. The monoisotopic (exact) mass is 835 g/mol. The lowest BCUT2D eigenvalue weighted by molar-refractivity contribution is 0.668. The maximum Gasteiger partial charge on any atom is 0.160 e. The Labute approximate surface area is 369 Å². The van der Waals surface area contributed by atoms with Gasteiger partial charge in [-0.1, -0.05) is 127 Å². The van der Waals surface area contributed by atoms with Crippen molar-refractivity contribution < 1.29 is 8.83 Å². The van der Waals surface area contributed by atoms with E-state index in [-0.39, 0.29) is 0 Å². The molecule has 64 heavy (non-hydrogen) atoms. The van der Waals surface area contributed by atoms with E-state index in [1.54, 1.807) is 0 Å². The van der Waals surface area contributed by atoms with Crippen LogP contribution >= 0.6 is 11.3 Å². The van der Waals surface area contributed by atoms with Crippen molar-refractivity contribution in [2.45, 2.75) is 0 Å². The molecular weight excluding hydrogens is 803 g/mol. The third-order valence-corrected chi connectivity index (χ3v) is 14.0.